The summed E-state index contributed by atoms with van der Waals surface area (Å²) in [6.07, 6.45) is 0. The topological polar surface area (TPSA) is 61.0 Å². The fourth-order valence-corrected chi connectivity index (χ4v) is 1.66. The quantitative estimate of drug-likeness (QED) is 0.446. The van der Waals surface area contributed by atoms with Crippen LogP contribution < -0.4 is 0 Å². The van der Waals surface area contributed by atoms with Gasteiger partial charge in [0.1, 0.15) is 0 Å². The first-order chi connectivity index (χ1) is 8.99. The van der Waals surface area contributed by atoms with Crippen molar-refractivity contribution in [3.05, 3.63) is 57.0 Å². The molecule has 0 saturated heterocycles. The van der Waals surface area contributed by atoms with Crippen molar-refractivity contribution in [3.8, 4) is 11.8 Å². The van der Waals surface area contributed by atoms with Gasteiger partial charge in [0.25, 0.3) is 0 Å². The van der Waals surface area contributed by atoms with Gasteiger partial charge in [-0.25, -0.2) is 4.57 Å². The van der Waals surface area contributed by atoms with Gasteiger partial charge in [0.15, 0.2) is 5.82 Å². The number of imidazole rings is 1. The van der Waals surface area contributed by atoms with Crippen LogP contribution in [0.15, 0.2) is 24.3 Å². The fraction of sp³-hybridized carbons (Fsp3) is 0.214. The number of nitrogens with zero attached hydrogens (tertiary/aromatic N) is 3. The largest absolute Gasteiger partial charge is 0.358 e. The predicted molar refractivity (Wildman–Crippen MR) is 71.8 cm³/mol. The zero-order valence-electron chi connectivity index (χ0n) is 11.0. The third kappa shape index (κ3) is 2.63. The van der Waals surface area contributed by atoms with Gasteiger partial charge in [-0.3, -0.25) is 0 Å². The van der Waals surface area contributed by atoms with E-state index in [0.717, 1.165) is 11.1 Å². The Kier molecular flexibility index (Phi) is 3.34. The Bertz CT molecular complexity index is 688. The van der Waals surface area contributed by atoms with E-state index in [4.69, 9.17) is 0 Å². The maximum Gasteiger partial charge on any atom is 0.358 e. The fourth-order valence-electron chi connectivity index (χ4n) is 1.66. The van der Waals surface area contributed by atoms with E-state index in [1.807, 2.05) is 31.2 Å². The van der Waals surface area contributed by atoms with Gasteiger partial charge in [0, 0.05) is 12.5 Å². The zero-order valence-corrected chi connectivity index (χ0v) is 11.0. The molecule has 0 fully saturated rings. The average Bonchev–Trinajstić information content (AvgIpc) is 2.64. The van der Waals surface area contributed by atoms with Gasteiger partial charge in [-0.1, -0.05) is 23.6 Å². The second-order valence-electron chi connectivity index (χ2n) is 4.26. The van der Waals surface area contributed by atoms with Crippen LogP contribution in [0.4, 0.5) is 5.82 Å². The van der Waals surface area contributed by atoms with Crippen molar-refractivity contribution in [2.24, 2.45) is 7.05 Å². The molecule has 0 saturated carbocycles. The maximum absolute atomic E-state index is 11.0. The lowest BCUT2D eigenvalue weighted by Gasteiger charge is -1.94. The molecule has 0 spiro atoms. The molecule has 1 aromatic carbocycles. The summed E-state index contributed by atoms with van der Waals surface area (Å²) >= 11 is 0. The minimum atomic E-state index is -0.459. The molecular weight excluding hydrogens is 242 g/mol. The van der Waals surface area contributed by atoms with Crippen molar-refractivity contribution in [1.82, 2.24) is 9.55 Å². The molecule has 0 aliphatic carbocycles. The molecule has 2 rings (SSSR count). The maximum atomic E-state index is 11.0. The molecule has 96 valence electrons. The van der Waals surface area contributed by atoms with E-state index >= 15 is 0 Å². The zero-order chi connectivity index (χ0) is 14.0. The highest BCUT2D eigenvalue weighted by Gasteiger charge is 2.20. The van der Waals surface area contributed by atoms with E-state index in [-0.39, 0.29) is 11.5 Å². The predicted octanol–water partition coefficient (Wildman–Crippen LogP) is 2.34. The monoisotopic (exact) mass is 255 g/mol. The third-order valence-electron chi connectivity index (χ3n) is 2.84. The normalized spacial score (nSPS) is 9.84. The van der Waals surface area contributed by atoms with Crippen molar-refractivity contribution >= 4 is 5.82 Å². The van der Waals surface area contributed by atoms with Crippen LogP contribution in [-0.2, 0) is 7.05 Å². The van der Waals surface area contributed by atoms with Crippen LogP contribution in [0.3, 0.4) is 0 Å². The Morgan fingerprint density at radius 2 is 1.84 bits per heavy atom. The van der Waals surface area contributed by atoms with E-state index < -0.39 is 4.92 Å². The van der Waals surface area contributed by atoms with Gasteiger partial charge in [-0.05, 0) is 29.9 Å². The molecule has 5 nitrogen and oxygen atoms in total. The first kappa shape index (κ1) is 12.8. The Hall–Kier alpha value is -2.61. The summed E-state index contributed by atoms with van der Waals surface area (Å²) in [4.78, 5) is 14.6. The first-order valence-electron chi connectivity index (χ1n) is 5.75. The van der Waals surface area contributed by atoms with Gasteiger partial charge >= 0.3 is 5.82 Å². The minimum Gasteiger partial charge on any atom is -0.358 e. The smallest absolute Gasteiger partial charge is 0.358 e. The molecule has 19 heavy (non-hydrogen) atoms. The summed E-state index contributed by atoms with van der Waals surface area (Å²) in [6, 6.07) is 7.65. The van der Waals surface area contributed by atoms with E-state index in [2.05, 4.69) is 16.8 Å². The molecule has 1 heterocycles. The molecule has 0 radical (unpaired) electrons. The lowest BCUT2D eigenvalue weighted by molar-refractivity contribution is -0.392. The SMILES string of the molecule is Cc1ccc(C#Cc2nc(C)n(C)c2[N+](=O)[O-])cc1. The molecule has 0 amide bonds. The van der Waals surface area contributed by atoms with Gasteiger partial charge in [0.2, 0.25) is 5.69 Å². The van der Waals surface area contributed by atoms with E-state index in [1.54, 1.807) is 14.0 Å². The van der Waals surface area contributed by atoms with E-state index in [9.17, 15) is 10.1 Å². The van der Waals surface area contributed by atoms with Crippen molar-refractivity contribution < 1.29 is 4.92 Å². The molecule has 0 aliphatic heterocycles. The summed E-state index contributed by atoms with van der Waals surface area (Å²) < 4.78 is 1.43. The summed E-state index contributed by atoms with van der Waals surface area (Å²) in [7, 11) is 1.61. The second kappa shape index (κ2) is 4.94. The number of aryl methyl sites for hydroxylation is 2. The lowest BCUT2D eigenvalue weighted by Crippen LogP contribution is -1.99. The van der Waals surface area contributed by atoms with Gasteiger partial charge in [-0.15, -0.1) is 0 Å². The van der Waals surface area contributed by atoms with Crippen LogP contribution in [0.5, 0.6) is 0 Å². The van der Waals surface area contributed by atoms with Crippen LogP contribution in [0.25, 0.3) is 0 Å². The molecule has 0 bridgehead atoms. The van der Waals surface area contributed by atoms with Crippen LogP contribution in [-0.4, -0.2) is 14.5 Å². The third-order valence-corrected chi connectivity index (χ3v) is 2.84. The highest BCUT2D eigenvalue weighted by atomic mass is 16.6. The summed E-state index contributed by atoms with van der Waals surface area (Å²) in [6.45, 7) is 3.70. The molecule has 2 aromatic rings. The minimum absolute atomic E-state index is 0.0721. The highest BCUT2D eigenvalue weighted by Crippen LogP contribution is 2.17. The standard InChI is InChI=1S/C14H13N3O2/c1-10-4-6-12(7-5-10)8-9-13-14(17(18)19)16(3)11(2)15-13/h4-7H,1-3H3. The molecule has 0 aliphatic rings. The molecule has 0 unspecified atom stereocenters. The van der Waals surface area contributed by atoms with E-state index in [0.29, 0.717) is 5.82 Å². The summed E-state index contributed by atoms with van der Waals surface area (Å²) in [5.41, 5.74) is 2.15. The molecule has 0 atom stereocenters. The van der Waals surface area contributed by atoms with Crippen LogP contribution in [0, 0.1) is 35.8 Å². The Morgan fingerprint density at radius 1 is 1.21 bits per heavy atom. The van der Waals surface area contributed by atoms with Gasteiger partial charge in [0.05, 0.1) is 7.05 Å². The van der Waals surface area contributed by atoms with Crippen molar-refractivity contribution in [3.63, 3.8) is 0 Å². The van der Waals surface area contributed by atoms with Gasteiger partial charge in [-0.2, -0.15) is 4.98 Å². The van der Waals surface area contributed by atoms with Crippen LogP contribution in [0.1, 0.15) is 22.6 Å². The van der Waals surface area contributed by atoms with Crippen molar-refractivity contribution in [2.45, 2.75) is 13.8 Å². The molecule has 5 heteroatoms. The number of hydrogen-bond acceptors (Lipinski definition) is 3. The Balaban J connectivity index is 2.42. The number of nitro groups is 1. The van der Waals surface area contributed by atoms with Gasteiger partial charge < -0.3 is 10.1 Å². The van der Waals surface area contributed by atoms with Crippen LogP contribution in [0.2, 0.25) is 0 Å². The highest BCUT2D eigenvalue weighted by molar-refractivity contribution is 5.48. The Labute approximate surface area is 111 Å². The Morgan fingerprint density at radius 3 is 2.42 bits per heavy atom. The summed E-state index contributed by atoms with van der Waals surface area (Å²) in [5.74, 6) is 6.16. The number of benzene rings is 1. The molecule has 1 aromatic heterocycles. The van der Waals surface area contributed by atoms with Crippen molar-refractivity contribution in [1.29, 1.82) is 0 Å². The number of rotatable bonds is 1. The first-order valence-corrected chi connectivity index (χ1v) is 5.75. The average molecular weight is 255 g/mol. The lowest BCUT2D eigenvalue weighted by atomic mass is 10.1. The number of aromatic nitrogens is 2. The van der Waals surface area contributed by atoms with E-state index in [1.165, 1.54) is 4.57 Å². The second-order valence-corrected chi connectivity index (χ2v) is 4.26. The molecular formula is C14H13N3O2. The molecule has 0 N–H and O–H groups in total. The van der Waals surface area contributed by atoms with Crippen molar-refractivity contribution in [2.75, 3.05) is 0 Å². The summed E-state index contributed by atoms with van der Waals surface area (Å²) in [5, 5.41) is 11.0. The number of hydrogen-bond donors (Lipinski definition) is 0. The van der Waals surface area contributed by atoms with Crippen LogP contribution >= 0.6 is 0 Å².